The van der Waals surface area contributed by atoms with Crippen LogP contribution in [-0.2, 0) is 14.9 Å². The van der Waals surface area contributed by atoms with Crippen LogP contribution in [0.5, 0.6) is 5.75 Å². The second-order valence-corrected chi connectivity index (χ2v) is 8.80. The van der Waals surface area contributed by atoms with Crippen LogP contribution in [0.2, 0.25) is 5.02 Å². The maximum absolute atomic E-state index is 12.6. The summed E-state index contributed by atoms with van der Waals surface area (Å²) in [7, 11) is -4.59. The van der Waals surface area contributed by atoms with Crippen LogP contribution in [0.25, 0.3) is 6.08 Å². The summed E-state index contributed by atoms with van der Waals surface area (Å²) >= 11 is 5.96. The van der Waals surface area contributed by atoms with Crippen molar-refractivity contribution in [3.05, 3.63) is 103 Å². The molecule has 0 spiro atoms. The number of benzene rings is 3. The lowest BCUT2D eigenvalue weighted by molar-refractivity contribution is -0.387. The van der Waals surface area contributed by atoms with Gasteiger partial charge in [-0.2, -0.15) is 13.7 Å². The summed E-state index contributed by atoms with van der Waals surface area (Å²) in [5.74, 6) is -1.17. The highest BCUT2D eigenvalue weighted by molar-refractivity contribution is 7.87. The predicted molar refractivity (Wildman–Crippen MR) is 128 cm³/mol. The molecule has 36 heavy (non-hydrogen) atoms. The fourth-order valence-electron chi connectivity index (χ4n) is 2.87. The lowest BCUT2D eigenvalue weighted by Gasteiger charge is -2.08. The number of carbonyl (C=O) groups excluding carboxylic acids is 1. The molecule has 3 rings (SSSR count). The number of non-ortho nitro benzene ring substituents is 1. The number of rotatable bonds is 8. The largest absolute Gasteiger partial charge is 0.379 e. The molecule has 0 fully saturated rings. The molecule has 0 bridgehead atoms. The molecule has 0 aliphatic carbocycles. The minimum Gasteiger partial charge on any atom is -0.379 e. The summed E-state index contributed by atoms with van der Waals surface area (Å²) in [6, 6.07) is 15.0. The van der Waals surface area contributed by atoms with E-state index in [0.29, 0.717) is 0 Å². The molecular weight excluding hydrogens is 516 g/mol. The van der Waals surface area contributed by atoms with Gasteiger partial charge in [0.15, 0.2) is 4.90 Å². The number of nitro benzene ring substituents is 2. The number of nitro groups is 2. The van der Waals surface area contributed by atoms with Crippen LogP contribution in [0.1, 0.15) is 5.56 Å². The van der Waals surface area contributed by atoms with Crippen LogP contribution >= 0.6 is 11.6 Å². The fourth-order valence-corrected chi connectivity index (χ4v) is 4.13. The number of para-hydroxylation sites is 1. The standard InChI is InChI=1S/C22H13ClN4O8S/c23-18-9-8-16(26(29)30)12-19(18)25-22(28)15(13-24)10-14-4-3-5-17(11-14)35-36(33,34)21-7-2-1-6-20(21)27(31)32/h1-12H,(H,25,28)/b15-10+. The highest BCUT2D eigenvalue weighted by Crippen LogP contribution is 2.29. The van der Waals surface area contributed by atoms with Gasteiger partial charge in [-0.1, -0.05) is 35.9 Å². The first-order valence-corrected chi connectivity index (χ1v) is 11.5. The Morgan fingerprint density at radius 3 is 2.42 bits per heavy atom. The number of anilines is 1. The third-order valence-electron chi connectivity index (χ3n) is 4.48. The highest BCUT2D eigenvalue weighted by Gasteiger charge is 2.27. The molecule has 0 saturated carbocycles. The van der Waals surface area contributed by atoms with Crippen molar-refractivity contribution in [3.8, 4) is 11.8 Å². The van der Waals surface area contributed by atoms with E-state index >= 15 is 0 Å². The van der Waals surface area contributed by atoms with E-state index in [1.807, 2.05) is 0 Å². The molecule has 0 aliphatic rings. The van der Waals surface area contributed by atoms with E-state index in [2.05, 4.69) is 5.32 Å². The molecule has 1 amide bonds. The molecule has 0 atom stereocenters. The van der Waals surface area contributed by atoms with E-state index in [4.69, 9.17) is 15.8 Å². The Labute approximate surface area is 208 Å². The van der Waals surface area contributed by atoms with Crippen LogP contribution in [0.3, 0.4) is 0 Å². The smallest absolute Gasteiger partial charge is 0.346 e. The average Bonchev–Trinajstić information content (AvgIpc) is 2.83. The minimum absolute atomic E-state index is 0.00171. The SMILES string of the molecule is N#C/C(=C\c1cccc(OS(=O)(=O)c2ccccc2[N+](=O)[O-])c1)C(=O)Nc1cc([N+](=O)[O-])ccc1Cl. The number of carbonyl (C=O) groups is 1. The second kappa shape index (κ2) is 10.6. The molecule has 0 radical (unpaired) electrons. The Balaban J connectivity index is 1.87. The van der Waals surface area contributed by atoms with E-state index in [-0.39, 0.29) is 27.7 Å². The van der Waals surface area contributed by atoms with Crippen molar-refractivity contribution in [2.75, 3.05) is 5.32 Å². The van der Waals surface area contributed by atoms with E-state index < -0.39 is 42.0 Å². The fraction of sp³-hybridized carbons (Fsp3) is 0. The molecule has 14 heteroatoms. The Kier molecular flexibility index (Phi) is 7.63. The molecule has 0 aliphatic heterocycles. The summed E-state index contributed by atoms with van der Waals surface area (Å²) < 4.78 is 30.2. The van der Waals surface area contributed by atoms with E-state index in [9.17, 15) is 38.7 Å². The van der Waals surface area contributed by atoms with Gasteiger partial charge < -0.3 is 9.50 Å². The van der Waals surface area contributed by atoms with Gasteiger partial charge in [-0.25, -0.2) is 0 Å². The Morgan fingerprint density at radius 1 is 1.03 bits per heavy atom. The van der Waals surface area contributed by atoms with Gasteiger partial charge in [0, 0.05) is 18.2 Å². The van der Waals surface area contributed by atoms with Gasteiger partial charge in [-0.3, -0.25) is 25.0 Å². The van der Waals surface area contributed by atoms with Crippen molar-refractivity contribution in [2.24, 2.45) is 0 Å². The van der Waals surface area contributed by atoms with Crippen molar-refractivity contribution >= 4 is 50.8 Å². The molecule has 0 saturated heterocycles. The number of halogens is 1. The second-order valence-electron chi connectivity index (χ2n) is 6.88. The number of hydrogen-bond acceptors (Lipinski definition) is 9. The van der Waals surface area contributed by atoms with Gasteiger partial charge in [0.05, 0.1) is 20.6 Å². The van der Waals surface area contributed by atoms with E-state index in [1.165, 1.54) is 42.5 Å². The summed E-state index contributed by atoms with van der Waals surface area (Å²) in [6.07, 6.45) is 1.12. The number of hydrogen-bond donors (Lipinski definition) is 1. The topological polar surface area (TPSA) is 183 Å². The molecule has 3 aromatic carbocycles. The molecule has 0 heterocycles. The first-order valence-electron chi connectivity index (χ1n) is 9.67. The van der Waals surface area contributed by atoms with Crippen molar-refractivity contribution in [1.82, 2.24) is 0 Å². The van der Waals surface area contributed by atoms with Crippen LogP contribution in [0, 0.1) is 31.6 Å². The Morgan fingerprint density at radius 2 is 1.75 bits per heavy atom. The van der Waals surface area contributed by atoms with Crippen molar-refractivity contribution < 1.29 is 27.2 Å². The first-order chi connectivity index (χ1) is 17.0. The van der Waals surface area contributed by atoms with Crippen molar-refractivity contribution in [3.63, 3.8) is 0 Å². The lowest BCUT2D eigenvalue weighted by Crippen LogP contribution is -2.14. The van der Waals surface area contributed by atoms with Crippen LogP contribution in [0.15, 0.2) is 77.2 Å². The number of nitrogens with zero attached hydrogens (tertiary/aromatic N) is 3. The Hall–Kier alpha value is -4.80. The monoisotopic (exact) mass is 528 g/mol. The summed E-state index contributed by atoms with van der Waals surface area (Å²) in [5.41, 5.74) is -1.35. The van der Waals surface area contributed by atoms with Crippen LogP contribution in [-0.4, -0.2) is 24.2 Å². The maximum Gasteiger partial charge on any atom is 0.346 e. The van der Waals surface area contributed by atoms with Gasteiger partial charge in [0.2, 0.25) is 0 Å². The zero-order valence-electron chi connectivity index (χ0n) is 17.8. The van der Waals surface area contributed by atoms with Gasteiger partial charge in [0.25, 0.3) is 17.3 Å². The number of nitrogens with one attached hydrogen (secondary N) is 1. The van der Waals surface area contributed by atoms with Crippen LogP contribution < -0.4 is 9.50 Å². The van der Waals surface area contributed by atoms with Crippen molar-refractivity contribution in [2.45, 2.75) is 4.90 Å². The molecule has 3 aromatic rings. The van der Waals surface area contributed by atoms with Gasteiger partial charge in [-0.15, -0.1) is 0 Å². The summed E-state index contributed by atoms with van der Waals surface area (Å²) in [6.45, 7) is 0. The first kappa shape index (κ1) is 25.8. The normalized spacial score (nSPS) is 11.3. The average molecular weight is 529 g/mol. The molecular formula is C22H13ClN4O8S. The third kappa shape index (κ3) is 6.00. The minimum atomic E-state index is -4.59. The zero-order valence-corrected chi connectivity index (χ0v) is 19.4. The quantitative estimate of drug-likeness (QED) is 0.145. The summed E-state index contributed by atoms with van der Waals surface area (Å²) in [4.78, 5) is 32.5. The number of amides is 1. The molecule has 12 nitrogen and oxygen atoms in total. The van der Waals surface area contributed by atoms with Crippen LogP contribution in [0.4, 0.5) is 17.1 Å². The predicted octanol–water partition coefficient (Wildman–Crippen LogP) is 4.47. The molecule has 182 valence electrons. The van der Waals surface area contributed by atoms with E-state index in [0.717, 1.165) is 30.3 Å². The van der Waals surface area contributed by atoms with Gasteiger partial charge in [-0.05, 0) is 35.9 Å². The van der Waals surface area contributed by atoms with Gasteiger partial charge >= 0.3 is 10.1 Å². The maximum atomic E-state index is 12.6. The molecule has 1 N–H and O–H groups in total. The zero-order chi connectivity index (χ0) is 26.5. The Bertz CT molecular complexity index is 1560. The highest BCUT2D eigenvalue weighted by atomic mass is 35.5. The number of nitriles is 1. The molecule has 0 aromatic heterocycles. The van der Waals surface area contributed by atoms with Crippen molar-refractivity contribution in [1.29, 1.82) is 5.26 Å². The van der Waals surface area contributed by atoms with Gasteiger partial charge in [0.1, 0.15) is 17.4 Å². The third-order valence-corrected chi connectivity index (χ3v) is 6.11. The summed E-state index contributed by atoms with van der Waals surface area (Å²) in [5, 5.41) is 33.9. The molecule has 0 unspecified atom stereocenters. The van der Waals surface area contributed by atoms with E-state index in [1.54, 1.807) is 6.07 Å². The lowest BCUT2D eigenvalue weighted by atomic mass is 10.1.